The summed E-state index contributed by atoms with van der Waals surface area (Å²) in [5, 5.41) is 6.98. The molecule has 0 spiro atoms. The molecule has 0 N–H and O–H groups in total. The lowest BCUT2D eigenvalue weighted by Gasteiger charge is -2.16. The molecule has 0 fully saturated rings. The van der Waals surface area contributed by atoms with Crippen LogP contribution >= 0.6 is 7.14 Å². The van der Waals surface area contributed by atoms with Gasteiger partial charge in [0.15, 0.2) is 18.8 Å². The van der Waals surface area contributed by atoms with Gasteiger partial charge < -0.3 is 4.57 Å². The van der Waals surface area contributed by atoms with Crippen molar-refractivity contribution >= 4 is 55.6 Å². The van der Waals surface area contributed by atoms with Crippen LogP contribution in [-0.2, 0) is 4.57 Å². The first-order valence-corrected chi connectivity index (χ1v) is 18.0. The lowest BCUT2D eigenvalue weighted by Crippen LogP contribution is -2.20. The summed E-state index contributed by atoms with van der Waals surface area (Å²) in [6, 6.07) is 55.2. The molecule has 7 aromatic carbocycles. The number of hydrogen-bond donors (Lipinski definition) is 0. The van der Waals surface area contributed by atoms with Crippen molar-refractivity contribution in [3.63, 3.8) is 0 Å². The average molecular weight is 647 g/mol. The maximum absolute atomic E-state index is 15.6. The first-order chi connectivity index (χ1) is 24.2. The lowest BCUT2D eigenvalue weighted by atomic mass is 10.00. The second kappa shape index (κ2) is 10.7. The molecule has 0 saturated carbocycles. The summed E-state index contributed by atoms with van der Waals surface area (Å²) in [4.78, 5) is 15.4. The van der Waals surface area contributed by atoms with E-state index in [0.717, 1.165) is 70.7 Å². The third-order valence-electron chi connectivity index (χ3n) is 9.66. The number of hydrogen-bond acceptors (Lipinski definition) is 4. The smallest absolute Gasteiger partial charge is 0.238 e. The highest BCUT2D eigenvalue weighted by Crippen LogP contribution is 2.55. The van der Waals surface area contributed by atoms with Crippen LogP contribution in [0.15, 0.2) is 164 Å². The van der Waals surface area contributed by atoms with E-state index in [4.69, 9.17) is 15.0 Å². The molecule has 0 amide bonds. The predicted molar refractivity (Wildman–Crippen MR) is 201 cm³/mol. The minimum absolute atomic E-state index is 0.510. The van der Waals surface area contributed by atoms with Crippen molar-refractivity contribution in [1.29, 1.82) is 0 Å². The lowest BCUT2D eigenvalue weighted by molar-refractivity contribution is 0.593. The molecule has 0 bridgehead atoms. The zero-order chi connectivity index (χ0) is 32.5. The van der Waals surface area contributed by atoms with Crippen molar-refractivity contribution in [2.75, 3.05) is 0 Å². The quantitative estimate of drug-likeness (QED) is 0.179. The van der Waals surface area contributed by atoms with E-state index in [2.05, 4.69) is 59.2 Å². The Hall–Kier alpha value is -6.16. The van der Waals surface area contributed by atoms with Gasteiger partial charge in [-0.1, -0.05) is 152 Å². The molecule has 9 aromatic rings. The zero-order valence-electron chi connectivity index (χ0n) is 26.2. The van der Waals surface area contributed by atoms with Crippen molar-refractivity contribution in [1.82, 2.24) is 19.5 Å². The predicted octanol–water partition coefficient (Wildman–Crippen LogP) is 9.08. The Morgan fingerprint density at radius 1 is 0.490 bits per heavy atom. The van der Waals surface area contributed by atoms with E-state index in [1.165, 1.54) is 0 Å². The van der Waals surface area contributed by atoms with Gasteiger partial charge in [0.05, 0.1) is 11.0 Å². The van der Waals surface area contributed by atoms with E-state index in [-0.39, 0.29) is 0 Å². The molecule has 5 nitrogen and oxygen atoms in total. The third kappa shape index (κ3) is 4.06. The van der Waals surface area contributed by atoms with Crippen molar-refractivity contribution in [3.05, 3.63) is 164 Å². The second-order valence-electron chi connectivity index (χ2n) is 12.3. The standard InChI is InChI=1S/C43H27N4OP/c48-49(31-19-8-3-9-20-31)36-23-13-12-22-33(36)39-37(49)27-25-34-38-32-21-11-10-14-28(32)24-26-35(38)47(40(34)39)43-45-41(29-15-4-1-5-16-29)44-42(46-43)30-17-6-2-7-18-30/h1-27H. The van der Waals surface area contributed by atoms with Gasteiger partial charge in [-0.15, -0.1) is 0 Å². The van der Waals surface area contributed by atoms with E-state index >= 15 is 4.57 Å². The van der Waals surface area contributed by atoms with Crippen LogP contribution in [0.2, 0.25) is 0 Å². The van der Waals surface area contributed by atoms with Crippen LogP contribution in [0.4, 0.5) is 0 Å². The normalized spacial score (nSPS) is 15.1. The number of aromatic nitrogens is 4. The van der Waals surface area contributed by atoms with Gasteiger partial charge in [-0.25, -0.2) is 4.98 Å². The van der Waals surface area contributed by atoms with Crippen molar-refractivity contribution in [3.8, 4) is 39.9 Å². The van der Waals surface area contributed by atoms with Gasteiger partial charge in [0, 0.05) is 43.4 Å². The summed E-state index contributed by atoms with van der Waals surface area (Å²) in [5.41, 5.74) is 5.66. The fourth-order valence-corrected chi connectivity index (χ4v) is 10.6. The molecule has 1 aliphatic rings. The van der Waals surface area contributed by atoms with Gasteiger partial charge in [-0.3, -0.25) is 4.57 Å². The number of benzene rings is 7. The molecule has 1 atom stereocenters. The van der Waals surface area contributed by atoms with Gasteiger partial charge in [-0.2, -0.15) is 9.97 Å². The van der Waals surface area contributed by atoms with E-state index in [1.807, 2.05) is 109 Å². The van der Waals surface area contributed by atoms with Crippen molar-refractivity contribution < 1.29 is 4.57 Å². The summed E-state index contributed by atoms with van der Waals surface area (Å²) in [6.07, 6.45) is 0. The molecule has 3 heterocycles. The molecule has 1 unspecified atom stereocenters. The maximum Gasteiger partial charge on any atom is 0.238 e. The van der Waals surface area contributed by atoms with E-state index in [1.54, 1.807) is 0 Å². The maximum atomic E-state index is 15.6. The van der Waals surface area contributed by atoms with E-state index in [9.17, 15) is 0 Å². The van der Waals surface area contributed by atoms with Crippen LogP contribution in [0.1, 0.15) is 0 Å². The summed E-state index contributed by atoms with van der Waals surface area (Å²) in [6.45, 7) is 0. The number of rotatable bonds is 4. The Labute approximate surface area is 282 Å². The number of fused-ring (bicyclic) bond motifs is 9. The Bertz CT molecular complexity index is 2740. The minimum Gasteiger partial charge on any atom is -0.309 e. The Kier molecular flexibility index (Phi) is 6.08. The van der Waals surface area contributed by atoms with Crippen LogP contribution in [0.3, 0.4) is 0 Å². The Balaban J connectivity index is 1.39. The minimum atomic E-state index is -3.19. The molecule has 0 saturated heterocycles. The van der Waals surface area contributed by atoms with Gasteiger partial charge in [0.25, 0.3) is 0 Å². The molecule has 0 radical (unpaired) electrons. The summed E-state index contributed by atoms with van der Waals surface area (Å²) in [5.74, 6) is 1.68. The van der Waals surface area contributed by atoms with Crippen LogP contribution < -0.4 is 15.9 Å². The summed E-state index contributed by atoms with van der Waals surface area (Å²) in [7, 11) is -3.19. The second-order valence-corrected chi connectivity index (χ2v) is 15.0. The third-order valence-corrected chi connectivity index (χ3v) is 12.8. The molecule has 6 heteroatoms. The number of nitrogens with zero attached hydrogens (tertiary/aromatic N) is 4. The molecular weight excluding hydrogens is 619 g/mol. The zero-order valence-corrected chi connectivity index (χ0v) is 27.1. The van der Waals surface area contributed by atoms with Gasteiger partial charge in [0.1, 0.15) is 0 Å². The van der Waals surface area contributed by atoms with Crippen molar-refractivity contribution in [2.24, 2.45) is 0 Å². The van der Waals surface area contributed by atoms with Crippen molar-refractivity contribution in [2.45, 2.75) is 0 Å². The fourth-order valence-electron chi connectivity index (χ4n) is 7.50. The molecule has 1 aliphatic heterocycles. The highest BCUT2D eigenvalue weighted by Gasteiger charge is 2.42. The highest BCUT2D eigenvalue weighted by molar-refractivity contribution is 7.86. The van der Waals surface area contributed by atoms with Gasteiger partial charge in [-0.05, 0) is 28.5 Å². The molecule has 10 rings (SSSR count). The Morgan fingerprint density at radius 2 is 1.10 bits per heavy atom. The average Bonchev–Trinajstić information content (AvgIpc) is 3.66. The van der Waals surface area contributed by atoms with E-state index in [0.29, 0.717) is 17.6 Å². The molecule has 49 heavy (non-hydrogen) atoms. The van der Waals surface area contributed by atoms with Gasteiger partial charge >= 0.3 is 0 Å². The van der Waals surface area contributed by atoms with Crippen LogP contribution in [0, 0.1) is 0 Å². The topological polar surface area (TPSA) is 60.7 Å². The molecule has 0 aliphatic carbocycles. The fraction of sp³-hybridized carbons (Fsp3) is 0. The monoisotopic (exact) mass is 646 g/mol. The highest BCUT2D eigenvalue weighted by atomic mass is 31.2. The molecule has 230 valence electrons. The summed E-state index contributed by atoms with van der Waals surface area (Å²) < 4.78 is 17.8. The first kappa shape index (κ1) is 27.9. The van der Waals surface area contributed by atoms with Crippen LogP contribution in [0.25, 0.3) is 72.4 Å². The van der Waals surface area contributed by atoms with E-state index < -0.39 is 7.14 Å². The SMILES string of the molecule is O=P1(c2ccccc2)c2ccccc2-c2c1ccc1c3c4ccccc4ccc3n(-c3nc(-c4ccccc4)nc(-c4ccccc4)n3)c21. The van der Waals surface area contributed by atoms with Crippen LogP contribution in [0.5, 0.6) is 0 Å². The van der Waals surface area contributed by atoms with Crippen LogP contribution in [-0.4, -0.2) is 19.5 Å². The Morgan fingerprint density at radius 3 is 1.82 bits per heavy atom. The largest absolute Gasteiger partial charge is 0.309 e. The molecule has 2 aromatic heterocycles. The molecular formula is C43H27N4OP. The van der Waals surface area contributed by atoms with Gasteiger partial charge in [0.2, 0.25) is 5.95 Å². The summed E-state index contributed by atoms with van der Waals surface area (Å²) >= 11 is 0. The first-order valence-electron chi connectivity index (χ1n) is 16.3.